The lowest BCUT2D eigenvalue weighted by Crippen LogP contribution is -2.55. The highest BCUT2D eigenvalue weighted by Crippen LogP contribution is 2.44. The van der Waals surface area contributed by atoms with E-state index in [1.807, 2.05) is 9.80 Å². The Bertz CT molecular complexity index is 315. The van der Waals surface area contributed by atoms with E-state index in [9.17, 15) is 9.59 Å². The molecule has 3 fully saturated rings. The normalized spacial score (nSPS) is 36.3. The van der Waals surface area contributed by atoms with Crippen LogP contribution in [-0.4, -0.2) is 40.4 Å². The quantitative estimate of drug-likeness (QED) is 0.557. The second-order valence-corrected chi connectivity index (χ2v) is 4.43. The Labute approximate surface area is 82.8 Å². The lowest BCUT2D eigenvalue weighted by molar-refractivity contribution is -0.146. The van der Waals surface area contributed by atoms with Crippen LogP contribution in [0.2, 0.25) is 0 Å². The van der Waals surface area contributed by atoms with Crippen LogP contribution in [-0.2, 0) is 9.59 Å². The van der Waals surface area contributed by atoms with Gasteiger partial charge in [0.1, 0.15) is 5.66 Å². The molecule has 1 unspecified atom stereocenters. The molecule has 2 amide bonds. The Balaban J connectivity index is 2.01. The molecular weight excluding hydrogens is 180 g/mol. The van der Waals surface area contributed by atoms with Crippen LogP contribution in [0.25, 0.3) is 0 Å². The van der Waals surface area contributed by atoms with Gasteiger partial charge < -0.3 is 9.80 Å². The summed E-state index contributed by atoms with van der Waals surface area (Å²) in [6.45, 7) is 1.51. The second-order valence-electron chi connectivity index (χ2n) is 4.43. The summed E-state index contributed by atoms with van der Waals surface area (Å²) in [7, 11) is 0. The van der Waals surface area contributed by atoms with Crippen LogP contribution in [0.5, 0.6) is 0 Å². The molecule has 14 heavy (non-hydrogen) atoms. The summed E-state index contributed by atoms with van der Waals surface area (Å²) in [5, 5.41) is 0. The molecule has 0 N–H and O–H groups in total. The van der Waals surface area contributed by atoms with Crippen molar-refractivity contribution in [3.63, 3.8) is 0 Å². The van der Waals surface area contributed by atoms with Gasteiger partial charge in [-0.25, -0.2) is 0 Å². The van der Waals surface area contributed by atoms with Crippen molar-refractivity contribution in [1.29, 1.82) is 0 Å². The number of carbonyl (C=O) groups excluding carboxylic acids is 2. The number of rotatable bonds is 0. The van der Waals surface area contributed by atoms with Crippen molar-refractivity contribution in [1.82, 2.24) is 9.80 Å². The molecule has 3 aliphatic heterocycles. The number of hydrogen-bond donors (Lipinski definition) is 0. The smallest absolute Gasteiger partial charge is 0.224 e. The zero-order valence-corrected chi connectivity index (χ0v) is 8.16. The van der Waals surface area contributed by atoms with E-state index in [-0.39, 0.29) is 17.5 Å². The van der Waals surface area contributed by atoms with Crippen molar-refractivity contribution in [3.05, 3.63) is 0 Å². The summed E-state index contributed by atoms with van der Waals surface area (Å²) in [4.78, 5) is 27.2. The molecule has 0 saturated carbocycles. The first-order valence-electron chi connectivity index (χ1n) is 5.35. The summed E-state index contributed by atoms with van der Waals surface area (Å²) in [5.74, 6) is 0.482. The third kappa shape index (κ3) is 0.792. The number of piperidine rings is 1. The minimum absolute atomic E-state index is 0.188. The van der Waals surface area contributed by atoms with E-state index in [0.717, 1.165) is 32.4 Å². The first kappa shape index (κ1) is 8.26. The van der Waals surface area contributed by atoms with Crippen LogP contribution in [0.3, 0.4) is 0 Å². The minimum Gasteiger partial charge on any atom is -0.318 e. The molecule has 4 nitrogen and oxygen atoms in total. The fraction of sp³-hybridized carbons (Fsp3) is 0.800. The van der Waals surface area contributed by atoms with Gasteiger partial charge in [-0.3, -0.25) is 9.59 Å². The number of amides is 2. The van der Waals surface area contributed by atoms with Gasteiger partial charge in [0.05, 0.1) is 0 Å². The van der Waals surface area contributed by atoms with E-state index in [1.165, 1.54) is 0 Å². The van der Waals surface area contributed by atoms with Crippen LogP contribution < -0.4 is 0 Å². The van der Waals surface area contributed by atoms with Gasteiger partial charge in [-0.15, -0.1) is 0 Å². The number of carbonyl (C=O) groups is 2. The summed E-state index contributed by atoms with van der Waals surface area (Å²) >= 11 is 0. The molecule has 4 heteroatoms. The molecule has 3 saturated heterocycles. The molecule has 0 radical (unpaired) electrons. The molecule has 3 rings (SSSR count). The molecular formula is C10H14N2O2. The first-order chi connectivity index (χ1) is 6.74. The van der Waals surface area contributed by atoms with Gasteiger partial charge in [-0.05, 0) is 19.3 Å². The maximum Gasteiger partial charge on any atom is 0.224 e. The predicted octanol–water partition coefficient (Wildman–Crippen LogP) is 0.331. The third-order valence-corrected chi connectivity index (χ3v) is 3.86. The number of hydrogen-bond acceptors (Lipinski definition) is 2. The largest absolute Gasteiger partial charge is 0.318 e. The van der Waals surface area contributed by atoms with Gasteiger partial charge in [-0.1, -0.05) is 0 Å². The van der Waals surface area contributed by atoms with Gasteiger partial charge in [0.2, 0.25) is 11.8 Å². The molecule has 0 bridgehead atoms. The average molecular weight is 194 g/mol. The monoisotopic (exact) mass is 194 g/mol. The minimum atomic E-state index is -0.188. The van der Waals surface area contributed by atoms with Gasteiger partial charge in [0, 0.05) is 25.9 Å². The topological polar surface area (TPSA) is 40.6 Å². The van der Waals surface area contributed by atoms with Crippen LogP contribution in [0.15, 0.2) is 0 Å². The van der Waals surface area contributed by atoms with Crippen LogP contribution in [0, 0.1) is 0 Å². The SMILES string of the molecule is O=C1CCCC23CCC(=O)N2CCN13. The van der Waals surface area contributed by atoms with Gasteiger partial charge in [0.15, 0.2) is 0 Å². The van der Waals surface area contributed by atoms with Crippen LogP contribution in [0.4, 0.5) is 0 Å². The molecule has 3 heterocycles. The molecule has 0 aromatic carbocycles. The number of nitrogens with zero attached hydrogens (tertiary/aromatic N) is 2. The molecule has 1 atom stereocenters. The maximum atomic E-state index is 11.7. The van der Waals surface area contributed by atoms with Crippen molar-refractivity contribution in [2.75, 3.05) is 13.1 Å². The molecule has 3 aliphatic rings. The molecule has 0 aliphatic carbocycles. The summed E-state index contributed by atoms with van der Waals surface area (Å²) in [6, 6.07) is 0. The molecule has 76 valence electrons. The summed E-state index contributed by atoms with van der Waals surface area (Å²) in [5.41, 5.74) is -0.188. The van der Waals surface area contributed by atoms with E-state index in [4.69, 9.17) is 0 Å². The van der Waals surface area contributed by atoms with Crippen molar-refractivity contribution in [2.24, 2.45) is 0 Å². The lowest BCUT2D eigenvalue weighted by atomic mass is 9.94. The Morgan fingerprint density at radius 1 is 0.929 bits per heavy atom. The van der Waals surface area contributed by atoms with Crippen molar-refractivity contribution in [2.45, 2.75) is 37.8 Å². The summed E-state index contributed by atoms with van der Waals surface area (Å²) < 4.78 is 0. The Kier molecular flexibility index (Phi) is 1.47. The third-order valence-electron chi connectivity index (χ3n) is 3.86. The highest BCUT2D eigenvalue weighted by atomic mass is 16.2. The van der Waals surface area contributed by atoms with E-state index in [1.54, 1.807) is 0 Å². The van der Waals surface area contributed by atoms with E-state index in [0.29, 0.717) is 12.8 Å². The average Bonchev–Trinajstić information content (AvgIpc) is 2.66. The molecule has 1 spiro atoms. The fourth-order valence-corrected chi connectivity index (χ4v) is 3.24. The van der Waals surface area contributed by atoms with Crippen LogP contribution >= 0.6 is 0 Å². The Hall–Kier alpha value is -1.06. The standard InChI is InChI=1S/C10H14N2O2/c13-8-2-1-4-10-5-3-9(14)12(10)7-6-11(8)10/h1-7H2. The van der Waals surface area contributed by atoms with Crippen molar-refractivity contribution >= 4 is 11.8 Å². The lowest BCUT2D eigenvalue weighted by Gasteiger charge is -2.42. The maximum absolute atomic E-state index is 11.7. The van der Waals surface area contributed by atoms with Gasteiger partial charge in [0.25, 0.3) is 0 Å². The van der Waals surface area contributed by atoms with E-state index < -0.39 is 0 Å². The van der Waals surface area contributed by atoms with E-state index >= 15 is 0 Å². The zero-order valence-electron chi connectivity index (χ0n) is 8.16. The van der Waals surface area contributed by atoms with Crippen LogP contribution in [0.1, 0.15) is 32.1 Å². The van der Waals surface area contributed by atoms with Gasteiger partial charge >= 0.3 is 0 Å². The second kappa shape index (κ2) is 2.49. The highest BCUT2D eigenvalue weighted by molar-refractivity contribution is 5.84. The van der Waals surface area contributed by atoms with Gasteiger partial charge in [-0.2, -0.15) is 0 Å². The predicted molar refractivity (Wildman–Crippen MR) is 49.2 cm³/mol. The van der Waals surface area contributed by atoms with E-state index in [2.05, 4.69) is 0 Å². The molecule has 0 aromatic rings. The Morgan fingerprint density at radius 3 is 2.29 bits per heavy atom. The highest BCUT2D eigenvalue weighted by Gasteiger charge is 2.55. The Morgan fingerprint density at radius 2 is 1.57 bits per heavy atom. The van der Waals surface area contributed by atoms with Crippen molar-refractivity contribution in [3.8, 4) is 0 Å². The zero-order chi connectivity index (χ0) is 9.76. The fourth-order valence-electron chi connectivity index (χ4n) is 3.24. The van der Waals surface area contributed by atoms with Crippen molar-refractivity contribution < 1.29 is 9.59 Å². The molecule has 0 aromatic heterocycles. The summed E-state index contributed by atoms with van der Waals surface area (Å²) in [6.07, 6.45) is 4.09. The first-order valence-corrected chi connectivity index (χ1v) is 5.35.